The van der Waals surface area contributed by atoms with Crippen molar-refractivity contribution in [1.82, 2.24) is 14.7 Å². The molecule has 2 aromatic carbocycles. The molecule has 144 valence electrons. The van der Waals surface area contributed by atoms with Gasteiger partial charge in [-0.3, -0.25) is 19.5 Å². The van der Waals surface area contributed by atoms with E-state index in [-0.39, 0.29) is 29.7 Å². The molecule has 1 N–H and O–H groups in total. The van der Waals surface area contributed by atoms with Crippen LogP contribution in [-0.4, -0.2) is 39.8 Å². The summed E-state index contributed by atoms with van der Waals surface area (Å²) in [6.45, 7) is 0.939. The molecule has 0 aliphatic carbocycles. The van der Waals surface area contributed by atoms with Gasteiger partial charge in [0.05, 0.1) is 10.8 Å². The number of aromatic nitrogens is 2. The second-order valence-corrected chi connectivity index (χ2v) is 6.89. The fourth-order valence-electron chi connectivity index (χ4n) is 3.51. The molecule has 0 bridgehead atoms. The van der Waals surface area contributed by atoms with Gasteiger partial charge in [0.1, 0.15) is 18.4 Å². The van der Waals surface area contributed by atoms with Gasteiger partial charge in [0.25, 0.3) is 11.1 Å². The minimum absolute atomic E-state index is 0.0645. The van der Waals surface area contributed by atoms with Crippen LogP contribution in [0.25, 0.3) is 10.8 Å². The third-order valence-corrected chi connectivity index (χ3v) is 5.02. The topological polar surface area (TPSA) is 84.4 Å². The van der Waals surface area contributed by atoms with Crippen LogP contribution in [-0.2, 0) is 11.3 Å². The molecule has 3 aromatic rings. The van der Waals surface area contributed by atoms with Gasteiger partial charge < -0.3 is 9.64 Å². The first-order valence-corrected chi connectivity index (χ1v) is 9.33. The first kappa shape index (κ1) is 18.0. The van der Waals surface area contributed by atoms with Crippen LogP contribution in [0.5, 0.6) is 5.75 Å². The fraction of sp³-hybridized carbons (Fsp3) is 0.286. The maximum Gasteiger partial charge on any atom is 0.273 e. The van der Waals surface area contributed by atoms with E-state index in [0.29, 0.717) is 23.9 Å². The molecule has 28 heavy (non-hydrogen) atoms. The zero-order valence-corrected chi connectivity index (χ0v) is 15.3. The zero-order chi connectivity index (χ0) is 19.5. The molecular weight excluding hydrogens is 358 g/mol. The summed E-state index contributed by atoms with van der Waals surface area (Å²) in [6.07, 6.45) is 1.52. The average Bonchev–Trinajstić information content (AvgIpc) is 2.73. The lowest BCUT2D eigenvalue weighted by Gasteiger charge is -2.32. The van der Waals surface area contributed by atoms with Crippen LogP contribution in [0.15, 0.2) is 64.2 Å². The predicted molar refractivity (Wildman–Crippen MR) is 106 cm³/mol. The Hall–Kier alpha value is -3.35. The van der Waals surface area contributed by atoms with Crippen molar-refractivity contribution in [1.29, 1.82) is 0 Å². The van der Waals surface area contributed by atoms with E-state index in [1.165, 1.54) is 0 Å². The lowest BCUT2D eigenvalue weighted by Crippen LogP contribution is -2.45. The largest absolute Gasteiger partial charge is 0.490 e. The van der Waals surface area contributed by atoms with Crippen molar-refractivity contribution < 1.29 is 9.53 Å². The van der Waals surface area contributed by atoms with Gasteiger partial charge in [-0.15, -0.1) is 0 Å². The number of para-hydroxylation sites is 1. The van der Waals surface area contributed by atoms with E-state index in [1.54, 1.807) is 29.2 Å². The van der Waals surface area contributed by atoms with Crippen molar-refractivity contribution >= 4 is 16.7 Å². The maximum absolute atomic E-state index is 12.6. The summed E-state index contributed by atoms with van der Waals surface area (Å²) >= 11 is 0. The maximum atomic E-state index is 12.6. The number of benzene rings is 2. The monoisotopic (exact) mass is 379 g/mol. The number of likely N-dealkylation sites (tertiary alicyclic amines) is 1. The number of nitrogens with one attached hydrogen (secondary N) is 1. The van der Waals surface area contributed by atoms with E-state index in [4.69, 9.17) is 4.74 Å². The molecule has 1 aliphatic heterocycles. The summed E-state index contributed by atoms with van der Waals surface area (Å²) < 4.78 is 7.04. The van der Waals surface area contributed by atoms with Gasteiger partial charge in [-0.05, 0) is 24.3 Å². The van der Waals surface area contributed by atoms with Crippen molar-refractivity contribution in [3.05, 3.63) is 75.3 Å². The molecule has 7 nitrogen and oxygen atoms in total. The molecule has 0 spiro atoms. The minimum Gasteiger partial charge on any atom is -0.490 e. The number of rotatable bonds is 4. The number of fused-ring (bicyclic) bond motifs is 1. The summed E-state index contributed by atoms with van der Waals surface area (Å²) in [7, 11) is 0. The Kier molecular flexibility index (Phi) is 4.97. The highest BCUT2D eigenvalue weighted by Crippen LogP contribution is 2.18. The van der Waals surface area contributed by atoms with Crippen molar-refractivity contribution in [2.45, 2.75) is 25.5 Å². The number of carbonyl (C=O) groups is 1. The Bertz CT molecular complexity index is 1100. The van der Waals surface area contributed by atoms with Gasteiger partial charge in [0.15, 0.2) is 0 Å². The van der Waals surface area contributed by atoms with E-state index < -0.39 is 0 Å². The first-order chi connectivity index (χ1) is 13.6. The van der Waals surface area contributed by atoms with Crippen molar-refractivity contribution in [3.63, 3.8) is 0 Å². The van der Waals surface area contributed by atoms with Crippen LogP contribution in [0.3, 0.4) is 0 Å². The number of hydrogen-bond donors (Lipinski definition) is 1. The number of aromatic amines is 1. The SMILES string of the molecule is O=C(Cn1[nH]c(=O)c2ccccc2c1=O)N1CCC(Oc2ccccc2)CC1. The molecule has 1 fully saturated rings. The van der Waals surface area contributed by atoms with Crippen LogP contribution in [0.4, 0.5) is 0 Å². The third kappa shape index (κ3) is 3.69. The fourth-order valence-corrected chi connectivity index (χ4v) is 3.51. The molecule has 1 aliphatic rings. The standard InChI is InChI=1S/C21H21N3O4/c25-19(14-24-21(27)18-9-5-4-8-17(18)20(26)22-24)23-12-10-16(11-13-23)28-15-6-2-1-3-7-15/h1-9,16H,10-14H2,(H,22,26). The van der Waals surface area contributed by atoms with Gasteiger partial charge in [0.2, 0.25) is 5.91 Å². The van der Waals surface area contributed by atoms with Crippen LogP contribution in [0.1, 0.15) is 12.8 Å². The van der Waals surface area contributed by atoms with Crippen molar-refractivity contribution in [2.75, 3.05) is 13.1 Å². The third-order valence-electron chi connectivity index (χ3n) is 5.02. The average molecular weight is 379 g/mol. The molecule has 7 heteroatoms. The smallest absolute Gasteiger partial charge is 0.273 e. The number of ether oxygens (including phenoxy) is 1. The molecule has 0 radical (unpaired) electrons. The number of hydrogen-bond acceptors (Lipinski definition) is 4. The van der Waals surface area contributed by atoms with Crippen molar-refractivity contribution in [3.8, 4) is 5.75 Å². The minimum atomic E-state index is -0.377. The van der Waals surface area contributed by atoms with E-state index in [1.807, 2.05) is 30.3 Å². The van der Waals surface area contributed by atoms with E-state index >= 15 is 0 Å². The Morgan fingerprint density at radius 1 is 0.964 bits per heavy atom. The van der Waals surface area contributed by atoms with Crippen LogP contribution < -0.4 is 15.9 Å². The quantitative estimate of drug-likeness (QED) is 0.749. The molecule has 1 aromatic heterocycles. The van der Waals surface area contributed by atoms with Gasteiger partial charge >= 0.3 is 0 Å². The van der Waals surface area contributed by atoms with Gasteiger partial charge in [-0.2, -0.15) is 0 Å². The molecule has 1 saturated heterocycles. The molecule has 0 saturated carbocycles. The molecule has 4 rings (SSSR count). The number of nitrogens with zero attached hydrogens (tertiary/aromatic N) is 2. The highest BCUT2D eigenvalue weighted by molar-refractivity contribution is 5.81. The number of amides is 1. The predicted octanol–water partition coefficient (Wildman–Crippen LogP) is 1.76. The van der Waals surface area contributed by atoms with Gasteiger partial charge in [0, 0.05) is 25.9 Å². The second kappa shape index (κ2) is 7.72. The van der Waals surface area contributed by atoms with Crippen molar-refractivity contribution in [2.24, 2.45) is 0 Å². The number of carbonyl (C=O) groups excluding carboxylic acids is 1. The summed E-state index contributed by atoms with van der Waals surface area (Å²) in [6, 6.07) is 16.2. The van der Waals surface area contributed by atoms with E-state index in [9.17, 15) is 14.4 Å². The molecule has 0 unspecified atom stereocenters. The molecule has 1 amide bonds. The van der Waals surface area contributed by atoms with Crippen LogP contribution in [0.2, 0.25) is 0 Å². The molecule has 2 heterocycles. The Balaban J connectivity index is 1.41. The normalized spacial score (nSPS) is 14.9. The van der Waals surface area contributed by atoms with Gasteiger partial charge in [-0.25, -0.2) is 4.68 Å². The zero-order valence-electron chi connectivity index (χ0n) is 15.3. The number of piperidine rings is 1. The first-order valence-electron chi connectivity index (χ1n) is 9.33. The van der Waals surface area contributed by atoms with E-state index in [2.05, 4.69) is 5.10 Å². The lowest BCUT2D eigenvalue weighted by molar-refractivity contribution is -0.133. The highest BCUT2D eigenvalue weighted by Gasteiger charge is 2.24. The molecule has 0 atom stereocenters. The Morgan fingerprint density at radius 3 is 2.32 bits per heavy atom. The summed E-state index contributed by atoms with van der Waals surface area (Å²) in [5.74, 6) is 0.638. The lowest BCUT2D eigenvalue weighted by atomic mass is 10.1. The van der Waals surface area contributed by atoms with Crippen LogP contribution >= 0.6 is 0 Å². The molecular formula is C21H21N3O4. The summed E-state index contributed by atoms with van der Waals surface area (Å²) in [5, 5.41) is 3.15. The summed E-state index contributed by atoms with van der Waals surface area (Å²) in [4.78, 5) is 39.1. The summed E-state index contributed by atoms with van der Waals surface area (Å²) in [5.41, 5.74) is -0.746. The second-order valence-electron chi connectivity index (χ2n) is 6.89. The van der Waals surface area contributed by atoms with E-state index in [0.717, 1.165) is 23.3 Å². The Morgan fingerprint density at radius 2 is 1.61 bits per heavy atom. The number of H-pyrrole nitrogens is 1. The van der Waals surface area contributed by atoms with Gasteiger partial charge in [-0.1, -0.05) is 30.3 Å². The Labute approximate surface area is 161 Å². The highest BCUT2D eigenvalue weighted by atomic mass is 16.5. The van der Waals surface area contributed by atoms with Crippen LogP contribution in [0, 0.1) is 0 Å².